The Balaban J connectivity index is 1.33. The molecule has 0 bridgehead atoms. The molecule has 3 saturated carbocycles. The molecule has 0 unspecified atom stereocenters. The van der Waals surface area contributed by atoms with Crippen LogP contribution in [0.3, 0.4) is 0 Å². The van der Waals surface area contributed by atoms with Crippen molar-refractivity contribution in [2.45, 2.75) is 91.0 Å². The summed E-state index contributed by atoms with van der Waals surface area (Å²) in [6, 6.07) is 3.78. The molecule has 1 heterocycles. The van der Waals surface area contributed by atoms with Gasteiger partial charge in [0.25, 0.3) is 0 Å². The van der Waals surface area contributed by atoms with Crippen LogP contribution < -0.4 is 4.74 Å². The van der Waals surface area contributed by atoms with Crippen LogP contribution >= 0.6 is 0 Å². The van der Waals surface area contributed by atoms with E-state index in [1.54, 1.807) is 11.8 Å². The quantitative estimate of drug-likeness (QED) is 0.644. The maximum Gasteiger partial charge on any atom is 0.138 e. The van der Waals surface area contributed by atoms with Crippen LogP contribution in [0.1, 0.15) is 77.8 Å². The summed E-state index contributed by atoms with van der Waals surface area (Å²) in [5.41, 5.74) is 2.89. The molecule has 1 aromatic rings. The summed E-state index contributed by atoms with van der Waals surface area (Å²) in [6.07, 6.45) is 13.7. The molecule has 4 heteroatoms. The highest BCUT2D eigenvalue weighted by Gasteiger charge is 2.59. The van der Waals surface area contributed by atoms with Gasteiger partial charge >= 0.3 is 0 Å². The van der Waals surface area contributed by atoms with Crippen molar-refractivity contribution >= 4 is 0 Å². The lowest BCUT2D eigenvalue weighted by Crippen LogP contribution is -2.51. The maximum absolute atomic E-state index is 10.2. The van der Waals surface area contributed by atoms with Crippen LogP contribution in [0, 0.1) is 34.5 Å². The van der Waals surface area contributed by atoms with Crippen LogP contribution in [-0.2, 0) is 6.61 Å². The van der Waals surface area contributed by atoms with Crippen LogP contribution in [0.5, 0.6) is 5.75 Å². The van der Waals surface area contributed by atoms with Crippen LogP contribution in [-0.4, -0.2) is 27.4 Å². The number of fused-ring (bicyclic) bond motifs is 5. The Morgan fingerprint density at radius 3 is 2.71 bits per heavy atom. The number of aromatic nitrogens is 1. The van der Waals surface area contributed by atoms with Crippen LogP contribution in [0.15, 0.2) is 30.0 Å². The Hall–Kier alpha value is -1.39. The first-order valence-corrected chi connectivity index (χ1v) is 12.4. The number of hydrogen-bond donors (Lipinski definition) is 2. The second kappa shape index (κ2) is 7.88. The number of aliphatic hydroxyl groups excluding tert-OH is 2. The number of aliphatic hydroxyl groups is 2. The van der Waals surface area contributed by atoms with E-state index >= 15 is 0 Å². The topological polar surface area (TPSA) is 62.6 Å². The Morgan fingerprint density at radius 1 is 1.13 bits per heavy atom. The van der Waals surface area contributed by atoms with E-state index in [0.717, 1.165) is 42.8 Å². The average molecular weight is 426 g/mol. The van der Waals surface area contributed by atoms with Crippen molar-refractivity contribution in [1.82, 2.24) is 4.98 Å². The van der Waals surface area contributed by atoms with Crippen molar-refractivity contribution in [3.05, 3.63) is 35.7 Å². The van der Waals surface area contributed by atoms with Gasteiger partial charge in [-0.3, -0.25) is 4.98 Å². The van der Waals surface area contributed by atoms with E-state index in [9.17, 15) is 10.2 Å². The van der Waals surface area contributed by atoms with E-state index in [1.807, 2.05) is 12.1 Å². The molecular formula is C27H39NO3. The standard InChI is InChI=1S/C27H39NO3/c1-17(31-21-6-5-19(16-29)28-15-21)23-8-9-24-22-7-4-18-14-20(30)10-12-26(18,2)25(22)11-13-27(23,24)3/h4-6,15,17,20,22-25,29-30H,7-14,16H2,1-3H3/t17-,20-,22-,23+,24-,25-,26-,27+/m0/s1. The molecule has 4 aliphatic rings. The van der Waals surface area contributed by atoms with Gasteiger partial charge in [0.1, 0.15) is 5.75 Å². The van der Waals surface area contributed by atoms with Crippen molar-refractivity contribution in [3.8, 4) is 5.75 Å². The first-order chi connectivity index (χ1) is 14.8. The third-order valence-corrected chi connectivity index (χ3v) is 10.00. The molecule has 0 aromatic carbocycles. The summed E-state index contributed by atoms with van der Waals surface area (Å²) < 4.78 is 6.38. The Labute approximate surface area is 187 Å². The Morgan fingerprint density at radius 2 is 1.97 bits per heavy atom. The molecule has 31 heavy (non-hydrogen) atoms. The first-order valence-electron chi connectivity index (χ1n) is 12.4. The third-order valence-electron chi connectivity index (χ3n) is 10.00. The Kier molecular flexibility index (Phi) is 5.45. The lowest BCUT2D eigenvalue weighted by molar-refractivity contribution is -0.0643. The minimum atomic E-state index is -0.125. The molecule has 4 aliphatic carbocycles. The van der Waals surface area contributed by atoms with Crippen LogP contribution in [0.4, 0.5) is 0 Å². The monoisotopic (exact) mass is 425 g/mol. The van der Waals surface area contributed by atoms with Gasteiger partial charge in [-0.15, -0.1) is 0 Å². The number of ether oxygens (including phenoxy) is 1. The lowest BCUT2D eigenvalue weighted by Gasteiger charge is -2.58. The van der Waals surface area contributed by atoms with Gasteiger partial charge in [-0.2, -0.15) is 0 Å². The highest BCUT2D eigenvalue weighted by Crippen LogP contribution is 2.66. The molecule has 3 fully saturated rings. The fraction of sp³-hybridized carbons (Fsp3) is 0.741. The molecule has 8 atom stereocenters. The van der Waals surface area contributed by atoms with Crippen molar-refractivity contribution in [2.75, 3.05) is 0 Å². The van der Waals surface area contributed by atoms with E-state index in [2.05, 4.69) is 31.8 Å². The number of allylic oxidation sites excluding steroid dienone is 1. The smallest absolute Gasteiger partial charge is 0.138 e. The fourth-order valence-corrected chi connectivity index (χ4v) is 8.32. The SMILES string of the molecule is C[C@H](Oc1ccc(CO)nc1)[C@H]1CC[C@H]2[C@@H]3CC=C4C[C@@H](O)CC[C@]4(C)[C@H]3CC[C@]12C. The van der Waals surface area contributed by atoms with Gasteiger partial charge in [0.15, 0.2) is 0 Å². The first kappa shape index (κ1) is 21.5. The molecule has 0 saturated heterocycles. The molecule has 5 rings (SSSR count). The molecule has 0 radical (unpaired) electrons. The molecular weight excluding hydrogens is 386 g/mol. The summed E-state index contributed by atoms with van der Waals surface area (Å²) in [5, 5.41) is 19.4. The Bertz CT molecular complexity index is 835. The van der Waals surface area contributed by atoms with E-state index in [1.165, 1.54) is 32.1 Å². The maximum atomic E-state index is 10.2. The summed E-state index contributed by atoms with van der Waals surface area (Å²) in [4.78, 5) is 4.28. The van der Waals surface area contributed by atoms with Crippen molar-refractivity contribution in [3.63, 3.8) is 0 Å². The minimum absolute atomic E-state index is 0.0329. The number of hydrogen-bond acceptors (Lipinski definition) is 4. The molecule has 2 N–H and O–H groups in total. The zero-order valence-corrected chi connectivity index (χ0v) is 19.4. The summed E-state index contributed by atoms with van der Waals surface area (Å²) in [5.74, 6) is 3.72. The van der Waals surface area contributed by atoms with Gasteiger partial charge in [-0.1, -0.05) is 25.5 Å². The summed E-state index contributed by atoms with van der Waals surface area (Å²) in [6.45, 7) is 7.26. The highest BCUT2D eigenvalue weighted by molar-refractivity contribution is 5.26. The minimum Gasteiger partial charge on any atom is -0.489 e. The van der Waals surface area contributed by atoms with Gasteiger partial charge in [0.2, 0.25) is 0 Å². The van der Waals surface area contributed by atoms with Gasteiger partial charge in [-0.05, 0) is 99.0 Å². The second-order valence-electron chi connectivity index (χ2n) is 11.4. The molecule has 1 aromatic heterocycles. The normalized spacial score (nSPS) is 42.7. The number of rotatable bonds is 4. The van der Waals surface area contributed by atoms with E-state index < -0.39 is 0 Å². The summed E-state index contributed by atoms with van der Waals surface area (Å²) >= 11 is 0. The highest BCUT2D eigenvalue weighted by atomic mass is 16.5. The van der Waals surface area contributed by atoms with Gasteiger partial charge in [0, 0.05) is 5.92 Å². The van der Waals surface area contributed by atoms with Gasteiger partial charge in [0.05, 0.1) is 30.7 Å². The summed E-state index contributed by atoms with van der Waals surface area (Å²) in [7, 11) is 0. The van der Waals surface area contributed by atoms with Crippen LogP contribution in [0.2, 0.25) is 0 Å². The molecule has 0 amide bonds. The molecule has 170 valence electrons. The second-order valence-corrected chi connectivity index (χ2v) is 11.4. The van der Waals surface area contributed by atoms with Gasteiger partial charge < -0.3 is 14.9 Å². The van der Waals surface area contributed by atoms with Crippen LogP contribution in [0.25, 0.3) is 0 Å². The van der Waals surface area contributed by atoms with E-state index in [-0.39, 0.29) is 18.8 Å². The zero-order chi connectivity index (χ0) is 21.8. The molecule has 0 aliphatic heterocycles. The average Bonchev–Trinajstić information content (AvgIpc) is 3.12. The number of pyridine rings is 1. The third kappa shape index (κ3) is 3.45. The van der Waals surface area contributed by atoms with Crippen molar-refractivity contribution < 1.29 is 14.9 Å². The van der Waals surface area contributed by atoms with Crippen molar-refractivity contribution in [2.24, 2.45) is 34.5 Å². The predicted molar refractivity (Wildman–Crippen MR) is 121 cm³/mol. The predicted octanol–water partition coefficient (Wildman–Crippen LogP) is 5.28. The van der Waals surface area contributed by atoms with E-state index in [4.69, 9.17) is 4.74 Å². The zero-order valence-electron chi connectivity index (χ0n) is 19.4. The van der Waals surface area contributed by atoms with E-state index in [0.29, 0.717) is 22.4 Å². The lowest BCUT2D eigenvalue weighted by atomic mass is 9.47. The molecule has 0 spiro atoms. The van der Waals surface area contributed by atoms with Crippen molar-refractivity contribution in [1.29, 1.82) is 0 Å². The van der Waals surface area contributed by atoms with Gasteiger partial charge in [-0.25, -0.2) is 0 Å². The fourth-order valence-electron chi connectivity index (χ4n) is 8.32. The number of nitrogens with zero attached hydrogens (tertiary/aromatic N) is 1. The largest absolute Gasteiger partial charge is 0.489 e. The molecule has 4 nitrogen and oxygen atoms in total.